The summed E-state index contributed by atoms with van der Waals surface area (Å²) in [6.07, 6.45) is 1.09. The molecule has 2 amide bonds. The molecule has 1 heterocycles. The van der Waals surface area contributed by atoms with Crippen LogP contribution in [-0.2, 0) is 26.1 Å². The fourth-order valence-corrected chi connectivity index (χ4v) is 6.09. The maximum atomic E-state index is 12.7. The summed E-state index contributed by atoms with van der Waals surface area (Å²) < 4.78 is 33.1. The highest BCUT2D eigenvalue weighted by molar-refractivity contribution is 7.89. The Morgan fingerprint density at radius 3 is 2.11 bits per heavy atom. The number of piperidine rings is 1. The second-order valence-corrected chi connectivity index (χ2v) is 12.4. The number of hydrogen-bond acceptors (Lipinski definition) is 6. The third-order valence-corrected chi connectivity index (χ3v) is 8.89. The molecule has 4 aromatic carbocycles. The van der Waals surface area contributed by atoms with Crippen molar-refractivity contribution in [2.24, 2.45) is 0 Å². The summed E-state index contributed by atoms with van der Waals surface area (Å²) in [6, 6.07) is 32.8. The van der Waals surface area contributed by atoms with Gasteiger partial charge in [-0.15, -0.1) is 0 Å². The van der Waals surface area contributed by atoms with Gasteiger partial charge in [-0.1, -0.05) is 78.9 Å². The molecule has 3 N–H and O–H groups in total. The van der Waals surface area contributed by atoms with Crippen molar-refractivity contribution in [1.82, 2.24) is 9.62 Å². The highest BCUT2D eigenvalue weighted by Gasteiger charge is 2.23. The molecular weight excluding hydrogens is 576 g/mol. The van der Waals surface area contributed by atoms with Crippen molar-refractivity contribution < 1.29 is 22.7 Å². The lowest BCUT2D eigenvalue weighted by Gasteiger charge is -2.31. The largest absolute Gasteiger partial charge is 0.446 e. The smallest absolute Gasteiger partial charge is 0.411 e. The zero-order valence-electron chi connectivity index (χ0n) is 24.3. The normalized spacial score (nSPS) is 14.1. The summed E-state index contributed by atoms with van der Waals surface area (Å²) in [4.78, 5) is 27.6. The van der Waals surface area contributed by atoms with Crippen molar-refractivity contribution in [3.05, 3.63) is 115 Å². The first kappa shape index (κ1) is 30.9. The summed E-state index contributed by atoms with van der Waals surface area (Å²) in [6.45, 7) is 2.22. The highest BCUT2D eigenvalue weighted by atomic mass is 32.2. The second kappa shape index (κ2) is 14.8. The highest BCUT2D eigenvalue weighted by Crippen LogP contribution is 2.28. The molecule has 1 aliphatic rings. The predicted octanol–water partition coefficient (Wildman–Crippen LogP) is 5.87. The molecule has 0 atom stereocenters. The van der Waals surface area contributed by atoms with Crippen LogP contribution >= 0.6 is 0 Å². The van der Waals surface area contributed by atoms with Gasteiger partial charge in [0.15, 0.2) is 0 Å². The maximum Gasteiger partial charge on any atom is 0.411 e. The number of sulfonamides is 1. The quantitative estimate of drug-likeness (QED) is 0.195. The number of likely N-dealkylation sites (tertiary alicyclic amines) is 1. The zero-order chi connectivity index (χ0) is 30.8. The van der Waals surface area contributed by atoms with E-state index in [1.54, 1.807) is 54.6 Å². The van der Waals surface area contributed by atoms with Crippen molar-refractivity contribution in [1.29, 1.82) is 0 Å². The minimum absolute atomic E-state index is 0.0997. The molecule has 10 heteroatoms. The third-order valence-electron chi connectivity index (χ3n) is 7.47. The molecule has 44 heavy (non-hydrogen) atoms. The molecule has 0 aliphatic carbocycles. The number of anilines is 2. The molecule has 0 spiro atoms. The van der Waals surface area contributed by atoms with Gasteiger partial charge in [0.05, 0.1) is 10.6 Å². The molecule has 0 aromatic heterocycles. The van der Waals surface area contributed by atoms with E-state index in [1.807, 2.05) is 54.6 Å². The van der Waals surface area contributed by atoms with E-state index in [2.05, 4.69) is 20.3 Å². The van der Waals surface area contributed by atoms with Crippen LogP contribution in [-0.4, -0.2) is 51.1 Å². The number of amides is 2. The lowest BCUT2D eigenvalue weighted by Crippen LogP contribution is -2.39. The van der Waals surface area contributed by atoms with E-state index in [9.17, 15) is 18.0 Å². The van der Waals surface area contributed by atoms with Crippen LogP contribution in [0.4, 0.5) is 16.2 Å². The fourth-order valence-electron chi connectivity index (χ4n) is 5.05. The monoisotopic (exact) mass is 612 g/mol. The molecule has 1 saturated heterocycles. The summed E-state index contributed by atoms with van der Waals surface area (Å²) in [5, 5.41) is 5.80. The van der Waals surface area contributed by atoms with Gasteiger partial charge in [0.1, 0.15) is 6.10 Å². The van der Waals surface area contributed by atoms with Gasteiger partial charge in [0.25, 0.3) is 0 Å². The van der Waals surface area contributed by atoms with Crippen LogP contribution in [0.1, 0.15) is 24.8 Å². The first-order valence-electron chi connectivity index (χ1n) is 14.6. The maximum absolute atomic E-state index is 12.7. The minimum atomic E-state index is -3.59. The van der Waals surface area contributed by atoms with E-state index >= 15 is 0 Å². The summed E-state index contributed by atoms with van der Waals surface area (Å²) >= 11 is 0. The number of ether oxygens (including phenoxy) is 1. The molecule has 0 bridgehead atoms. The molecule has 1 fully saturated rings. The molecule has 1 aliphatic heterocycles. The van der Waals surface area contributed by atoms with Crippen LogP contribution in [0.15, 0.2) is 114 Å². The van der Waals surface area contributed by atoms with Crippen LogP contribution in [0.5, 0.6) is 0 Å². The number of nitrogens with zero attached hydrogens (tertiary/aromatic N) is 1. The van der Waals surface area contributed by atoms with E-state index in [0.717, 1.165) is 29.8 Å². The Bertz CT molecular complexity index is 1640. The van der Waals surface area contributed by atoms with Gasteiger partial charge >= 0.3 is 6.09 Å². The van der Waals surface area contributed by atoms with Crippen molar-refractivity contribution in [2.75, 3.05) is 30.3 Å². The number of carbonyl (C=O) groups excluding carboxylic acids is 2. The van der Waals surface area contributed by atoms with Crippen LogP contribution in [0.25, 0.3) is 11.1 Å². The SMILES string of the molecule is O=C(CCN1CCC(OC(=O)Nc2ccccc2-c2ccccc2)CC1)Nc1ccc(CNS(=O)(=O)c2ccccc2)cc1. The number of benzene rings is 4. The van der Waals surface area contributed by atoms with Crippen molar-refractivity contribution in [3.63, 3.8) is 0 Å². The summed E-state index contributed by atoms with van der Waals surface area (Å²) in [5.74, 6) is -0.0997. The summed E-state index contributed by atoms with van der Waals surface area (Å²) in [5.41, 5.74) is 4.08. The van der Waals surface area contributed by atoms with Gasteiger partial charge < -0.3 is 15.0 Å². The third kappa shape index (κ3) is 8.76. The van der Waals surface area contributed by atoms with Gasteiger partial charge in [-0.3, -0.25) is 10.1 Å². The molecule has 5 rings (SSSR count). The molecule has 9 nitrogen and oxygen atoms in total. The Kier molecular flexibility index (Phi) is 10.4. The molecule has 0 unspecified atom stereocenters. The zero-order valence-corrected chi connectivity index (χ0v) is 25.1. The Balaban J connectivity index is 1.00. The fraction of sp³-hybridized carbons (Fsp3) is 0.235. The van der Waals surface area contributed by atoms with E-state index in [0.29, 0.717) is 37.2 Å². The Labute approximate surface area is 258 Å². The first-order valence-corrected chi connectivity index (χ1v) is 16.1. The van der Waals surface area contributed by atoms with Gasteiger partial charge in [-0.05, 0) is 54.3 Å². The molecule has 0 radical (unpaired) electrons. The van der Waals surface area contributed by atoms with Crippen LogP contribution in [0, 0.1) is 0 Å². The molecule has 0 saturated carbocycles. The Morgan fingerprint density at radius 2 is 1.41 bits per heavy atom. The average molecular weight is 613 g/mol. The lowest BCUT2D eigenvalue weighted by atomic mass is 10.0. The predicted molar refractivity (Wildman–Crippen MR) is 172 cm³/mol. The number of carbonyl (C=O) groups is 2. The topological polar surface area (TPSA) is 117 Å². The number of hydrogen-bond donors (Lipinski definition) is 3. The standard InChI is InChI=1S/C34H36N4O5S/c39-33(36-28-17-15-26(16-18-28)25-35-44(41,42)30-11-5-2-6-12-30)21-24-38-22-19-29(20-23-38)43-34(40)37-32-14-8-7-13-31(32)27-9-3-1-4-10-27/h1-18,29,35H,19-25H2,(H,36,39)(H,37,40). The van der Waals surface area contributed by atoms with Gasteiger partial charge in [0.2, 0.25) is 15.9 Å². The van der Waals surface area contributed by atoms with E-state index < -0.39 is 16.1 Å². The molecule has 4 aromatic rings. The van der Waals surface area contributed by atoms with Crippen LogP contribution in [0.2, 0.25) is 0 Å². The van der Waals surface area contributed by atoms with Gasteiger partial charge in [0, 0.05) is 43.9 Å². The second-order valence-electron chi connectivity index (χ2n) is 10.6. The van der Waals surface area contributed by atoms with Crippen LogP contribution in [0.3, 0.4) is 0 Å². The molecular formula is C34H36N4O5S. The van der Waals surface area contributed by atoms with E-state index in [1.165, 1.54) is 0 Å². The van der Waals surface area contributed by atoms with E-state index in [-0.39, 0.29) is 23.5 Å². The Hall–Kier alpha value is -4.51. The first-order chi connectivity index (χ1) is 21.4. The minimum Gasteiger partial charge on any atom is -0.446 e. The Morgan fingerprint density at radius 1 is 0.773 bits per heavy atom. The average Bonchev–Trinajstić information content (AvgIpc) is 3.05. The number of rotatable bonds is 11. The van der Waals surface area contributed by atoms with Crippen molar-refractivity contribution >= 4 is 33.4 Å². The molecule has 228 valence electrons. The lowest BCUT2D eigenvalue weighted by molar-refractivity contribution is -0.116. The van der Waals surface area contributed by atoms with Gasteiger partial charge in [-0.2, -0.15) is 0 Å². The number of nitrogens with one attached hydrogen (secondary N) is 3. The van der Waals surface area contributed by atoms with Crippen molar-refractivity contribution in [2.45, 2.75) is 36.8 Å². The summed E-state index contributed by atoms with van der Waals surface area (Å²) in [7, 11) is -3.59. The number of para-hydroxylation sites is 1. The van der Waals surface area contributed by atoms with E-state index in [4.69, 9.17) is 4.74 Å². The van der Waals surface area contributed by atoms with Crippen molar-refractivity contribution in [3.8, 4) is 11.1 Å². The van der Waals surface area contributed by atoms with Crippen LogP contribution < -0.4 is 15.4 Å². The van der Waals surface area contributed by atoms with Gasteiger partial charge in [-0.25, -0.2) is 17.9 Å².